The van der Waals surface area contributed by atoms with Gasteiger partial charge in [0.05, 0.1) is 0 Å². The van der Waals surface area contributed by atoms with Gasteiger partial charge in [-0.3, -0.25) is 9.00 Å². The Morgan fingerprint density at radius 2 is 2.21 bits per heavy atom. The van der Waals surface area contributed by atoms with Crippen LogP contribution < -0.4 is 5.32 Å². The molecule has 5 heteroatoms. The van der Waals surface area contributed by atoms with E-state index in [-0.39, 0.29) is 11.7 Å². The first-order valence-electron chi connectivity index (χ1n) is 6.01. The van der Waals surface area contributed by atoms with E-state index in [4.69, 9.17) is 0 Å². The smallest absolute Gasteiger partial charge is 0.244 e. The number of nitrogens with one attached hydrogen (secondary N) is 1. The van der Waals surface area contributed by atoms with Crippen LogP contribution in [0.5, 0.6) is 0 Å². The van der Waals surface area contributed by atoms with Crippen LogP contribution in [-0.4, -0.2) is 28.7 Å². The highest BCUT2D eigenvalue weighted by Crippen LogP contribution is 2.14. The fourth-order valence-corrected chi connectivity index (χ4v) is 2.10. The van der Waals surface area contributed by atoms with Crippen molar-refractivity contribution in [2.24, 2.45) is 0 Å². The van der Waals surface area contributed by atoms with E-state index in [1.165, 1.54) is 18.2 Å². The van der Waals surface area contributed by atoms with Crippen molar-refractivity contribution in [2.75, 3.05) is 18.6 Å². The maximum Gasteiger partial charge on any atom is 0.244 e. The summed E-state index contributed by atoms with van der Waals surface area (Å²) in [7, 11) is -0.832. The monoisotopic (exact) mass is 283 g/mol. The number of carbonyl (C=O) groups excluding carboxylic acids is 1. The van der Waals surface area contributed by atoms with E-state index in [0.29, 0.717) is 29.9 Å². The lowest BCUT2D eigenvalue weighted by molar-refractivity contribution is -0.116. The quantitative estimate of drug-likeness (QED) is 0.642. The van der Waals surface area contributed by atoms with Crippen LogP contribution >= 0.6 is 0 Å². The molecule has 1 unspecified atom stereocenters. The van der Waals surface area contributed by atoms with Gasteiger partial charge in [0.25, 0.3) is 0 Å². The minimum Gasteiger partial charge on any atom is -0.353 e. The van der Waals surface area contributed by atoms with Gasteiger partial charge in [0.1, 0.15) is 5.82 Å². The van der Waals surface area contributed by atoms with Crippen molar-refractivity contribution in [1.82, 2.24) is 5.32 Å². The molecule has 0 aliphatic carbocycles. The molecule has 104 valence electrons. The molecule has 0 saturated carbocycles. The third-order valence-electron chi connectivity index (χ3n) is 2.54. The summed E-state index contributed by atoms with van der Waals surface area (Å²) in [6, 6.07) is 6.11. The van der Waals surface area contributed by atoms with Crippen LogP contribution in [0.4, 0.5) is 4.39 Å². The number of carbonyl (C=O) groups is 1. The predicted octanol–water partition coefficient (Wildman–Crippen LogP) is 2.11. The van der Waals surface area contributed by atoms with Gasteiger partial charge in [-0.2, -0.15) is 0 Å². The third kappa shape index (κ3) is 6.29. The first-order valence-corrected chi connectivity index (χ1v) is 7.74. The van der Waals surface area contributed by atoms with Crippen LogP contribution in [0.15, 0.2) is 30.3 Å². The van der Waals surface area contributed by atoms with Crippen LogP contribution in [0.25, 0.3) is 5.57 Å². The molecule has 0 saturated heterocycles. The van der Waals surface area contributed by atoms with Crippen molar-refractivity contribution in [3.05, 3.63) is 41.7 Å². The first-order chi connectivity index (χ1) is 8.99. The highest BCUT2D eigenvalue weighted by atomic mass is 32.2. The summed E-state index contributed by atoms with van der Waals surface area (Å²) < 4.78 is 23.9. The number of amides is 1. The minimum atomic E-state index is -0.832. The Kier molecular flexibility index (Phi) is 6.42. The van der Waals surface area contributed by atoms with Crippen LogP contribution in [0, 0.1) is 5.82 Å². The Bertz CT molecular complexity index is 500. The lowest BCUT2D eigenvalue weighted by Crippen LogP contribution is -2.23. The first kappa shape index (κ1) is 15.6. The molecule has 0 radical (unpaired) electrons. The standard InChI is InChI=1S/C14H18FNO2S/c1-11(12-5-3-6-13(15)10-12)9-14(17)16-7-4-8-19(2)18/h3,5-6,9-10H,4,7-8H2,1-2H3,(H,16,17). The molecule has 0 spiro atoms. The topological polar surface area (TPSA) is 46.2 Å². The van der Waals surface area contributed by atoms with E-state index in [1.54, 1.807) is 25.3 Å². The van der Waals surface area contributed by atoms with Gasteiger partial charge in [0.2, 0.25) is 5.91 Å². The van der Waals surface area contributed by atoms with Crippen molar-refractivity contribution in [3.63, 3.8) is 0 Å². The van der Waals surface area contributed by atoms with Gasteiger partial charge in [-0.25, -0.2) is 4.39 Å². The van der Waals surface area contributed by atoms with Crippen LogP contribution in [0.1, 0.15) is 18.9 Å². The highest BCUT2D eigenvalue weighted by molar-refractivity contribution is 7.84. The second kappa shape index (κ2) is 7.84. The Labute approximate surface area is 115 Å². The Balaban J connectivity index is 2.49. The molecule has 1 atom stereocenters. The molecule has 0 heterocycles. The van der Waals surface area contributed by atoms with Crippen molar-refractivity contribution in [1.29, 1.82) is 0 Å². The maximum atomic E-state index is 13.0. The number of halogens is 1. The van der Waals surface area contributed by atoms with Crippen molar-refractivity contribution >= 4 is 22.3 Å². The Morgan fingerprint density at radius 3 is 2.84 bits per heavy atom. The van der Waals surface area contributed by atoms with E-state index < -0.39 is 10.8 Å². The fourth-order valence-electron chi connectivity index (χ4n) is 1.55. The van der Waals surface area contributed by atoms with E-state index in [9.17, 15) is 13.4 Å². The van der Waals surface area contributed by atoms with Gasteiger partial charge in [-0.1, -0.05) is 12.1 Å². The number of allylic oxidation sites excluding steroid dienone is 1. The summed E-state index contributed by atoms with van der Waals surface area (Å²) in [5.74, 6) is 0.0343. The molecule has 0 fully saturated rings. The summed E-state index contributed by atoms with van der Waals surface area (Å²) >= 11 is 0. The molecule has 0 aliphatic heterocycles. The Morgan fingerprint density at radius 1 is 1.47 bits per heavy atom. The number of benzene rings is 1. The molecule has 3 nitrogen and oxygen atoms in total. The molecule has 1 aromatic carbocycles. The zero-order valence-electron chi connectivity index (χ0n) is 11.1. The average molecular weight is 283 g/mol. The van der Waals surface area contributed by atoms with E-state index >= 15 is 0 Å². The fraction of sp³-hybridized carbons (Fsp3) is 0.357. The van der Waals surface area contributed by atoms with E-state index in [2.05, 4.69) is 5.32 Å². The van der Waals surface area contributed by atoms with Crippen LogP contribution in [0.3, 0.4) is 0 Å². The molecule has 19 heavy (non-hydrogen) atoms. The Hall–Kier alpha value is -1.49. The van der Waals surface area contributed by atoms with Crippen LogP contribution in [0.2, 0.25) is 0 Å². The van der Waals surface area contributed by atoms with Crippen molar-refractivity contribution < 1.29 is 13.4 Å². The summed E-state index contributed by atoms with van der Waals surface area (Å²) in [6.07, 6.45) is 3.76. The normalized spacial score (nSPS) is 13.1. The van der Waals surface area contributed by atoms with Crippen molar-refractivity contribution in [2.45, 2.75) is 13.3 Å². The molecule has 0 aliphatic rings. The lowest BCUT2D eigenvalue weighted by atomic mass is 10.1. The SMILES string of the molecule is CC(=CC(=O)NCCCS(C)=O)c1cccc(F)c1. The van der Waals surface area contributed by atoms with E-state index in [1.807, 2.05) is 0 Å². The van der Waals surface area contributed by atoms with Crippen LogP contribution in [-0.2, 0) is 15.6 Å². The molecule has 1 rings (SSSR count). The molecular formula is C14H18FNO2S. The number of hydrogen-bond donors (Lipinski definition) is 1. The largest absolute Gasteiger partial charge is 0.353 e. The summed E-state index contributed by atoms with van der Waals surface area (Å²) in [5, 5.41) is 2.71. The number of rotatable bonds is 6. The molecule has 1 aromatic rings. The summed E-state index contributed by atoms with van der Waals surface area (Å²) in [4.78, 5) is 11.6. The lowest BCUT2D eigenvalue weighted by Gasteiger charge is -2.04. The van der Waals surface area contributed by atoms with Gasteiger partial charge in [0.15, 0.2) is 0 Å². The second-order valence-corrected chi connectivity index (χ2v) is 5.81. The highest BCUT2D eigenvalue weighted by Gasteiger charge is 2.01. The van der Waals surface area contributed by atoms with Gasteiger partial charge in [-0.15, -0.1) is 0 Å². The molecule has 1 N–H and O–H groups in total. The molecule has 1 amide bonds. The second-order valence-electron chi connectivity index (χ2n) is 4.26. The van der Waals surface area contributed by atoms with Gasteiger partial charge >= 0.3 is 0 Å². The molecular weight excluding hydrogens is 265 g/mol. The minimum absolute atomic E-state index is 0.219. The van der Waals surface area contributed by atoms with E-state index in [0.717, 1.165) is 0 Å². The molecule has 0 bridgehead atoms. The van der Waals surface area contributed by atoms with Gasteiger partial charge in [0, 0.05) is 35.4 Å². The summed E-state index contributed by atoms with van der Waals surface area (Å²) in [6.45, 7) is 2.25. The number of hydrogen-bond acceptors (Lipinski definition) is 2. The molecule has 0 aromatic heterocycles. The zero-order chi connectivity index (χ0) is 14.3. The maximum absolute atomic E-state index is 13.0. The van der Waals surface area contributed by atoms with Gasteiger partial charge in [-0.05, 0) is 36.6 Å². The zero-order valence-corrected chi connectivity index (χ0v) is 11.9. The average Bonchev–Trinajstić information content (AvgIpc) is 2.34. The summed E-state index contributed by atoms with van der Waals surface area (Å²) in [5.41, 5.74) is 1.39. The van der Waals surface area contributed by atoms with Crippen molar-refractivity contribution in [3.8, 4) is 0 Å². The third-order valence-corrected chi connectivity index (χ3v) is 3.40. The van der Waals surface area contributed by atoms with Gasteiger partial charge < -0.3 is 5.32 Å². The predicted molar refractivity (Wildman–Crippen MR) is 76.6 cm³/mol.